The second kappa shape index (κ2) is 5.66. The number of hydrogen-bond acceptors (Lipinski definition) is 5. The topological polar surface area (TPSA) is 68.4 Å². The molecule has 0 aromatic carbocycles. The summed E-state index contributed by atoms with van der Waals surface area (Å²) in [5, 5.41) is 12.6. The summed E-state index contributed by atoms with van der Waals surface area (Å²) in [6, 6.07) is 0. The Hall–Kier alpha value is -1.15. The quantitative estimate of drug-likeness (QED) is 0.879. The van der Waals surface area contributed by atoms with Crippen LogP contribution in [0.3, 0.4) is 0 Å². The maximum absolute atomic E-state index is 12.3. The molecule has 5 nitrogen and oxygen atoms in total. The van der Waals surface area contributed by atoms with Crippen LogP contribution in [0.2, 0.25) is 0 Å². The maximum atomic E-state index is 12.3. The molecule has 18 heavy (non-hydrogen) atoms. The SMILES string of the molecule is COC(C)Cc1noc(C(C)C(O)C(F)(F)F)n1. The van der Waals surface area contributed by atoms with E-state index in [1.807, 2.05) is 0 Å². The molecule has 1 N–H and O–H groups in total. The number of methoxy groups -OCH3 is 1. The highest BCUT2D eigenvalue weighted by atomic mass is 19.4. The van der Waals surface area contributed by atoms with E-state index in [2.05, 4.69) is 10.1 Å². The van der Waals surface area contributed by atoms with Crippen molar-refractivity contribution in [1.82, 2.24) is 10.1 Å². The number of aliphatic hydroxyl groups excluding tert-OH is 1. The van der Waals surface area contributed by atoms with Crippen LogP contribution < -0.4 is 0 Å². The summed E-state index contributed by atoms with van der Waals surface area (Å²) in [6.45, 7) is 2.94. The van der Waals surface area contributed by atoms with Crippen molar-refractivity contribution in [1.29, 1.82) is 0 Å². The van der Waals surface area contributed by atoms with Crippen molar-refractivity contribution in [3.8, 4) is 0 Å². The van der Waals surface area contributed by atoms with E-state index in [1.54, 1.807) is 6.92 Å². The van der Waals surface area contributed by atoms with Crippen LogP contribution in [0.25, 0.3) is 0 Å². The van der Waals surface area contributed by atoms with E-state index in [1.165, 1.54) is 14.0 Å². The van der Waals surface area contributed by atoms with Crippen molar-refractivity contribution in [3.63, 3.8) is 0 Å². The molecule has 1 heterocycles. The van der Waals surface area contributed by atoms with Crippen molar-refractivity contribution in [2.45, 2.75) is 44.6 Å². The van der Waals surface area contributed by atoms with Gasteiger partial charge >= 0.3 is 6.18 Å². The molecule has 0 amide bonds. The Kier molecular flexibility index (Phi) is 4.69. The van der Waals surface area contributed by atoms with Gasteiger partial charge in [-0.3, -0.25) is 0 Å². The van der Waals surface area contributed by atoms with Crippen molar-refractivity contribution < 1.29 is 27.5 Å². The Morgan fingerprint density at radius 3 is 2.50 bits per heavy atom. The van der Waals surface area contributed by atoms with E-state index in [9.17, 15) is 13.2 Å². The van der Waals surface area contributed by atoms with Crippen molar-refractivity contribution in [2.75, 3.05) is 7.11 Å². The Morgan fingerprint density at radius 1 is 1.39 bits per heavy atom. The molecule has 1 rings (SSSR count). The number of aliphatic hydroxyl groups is 1. The first-order valence-electron chi connectivity index (χ1n) is 5.35. The molecule has 0 saturated heterocycles. The third-order valence-corrected chi connectivity index (χ3v) is 2.55. The minimum absolute atomic E-state index is 0.168. The third kappa shape index (κ3) is 3.67. The molecule has 8 heteroatoms. The van der Waals surface area contributed by atoms with Gasteiger partial charge in [0.1, 0.15) is 0 Å². The van der Waals surface area contributed by atoms with E-state index in [4.69, 9.17) is 14.4 Å². The van der Waals surface area contributed by atoms with Crippen LogP contribution in [0.15, 0.2) is 4.52 Å². The second-order valence-electron chi connectivity index (χ2n) is 4.07. The zero-order valence-corrected chi connectivity index (χ0v) is 10.2. The number of halogens is 3. The molecule has 0 radical (unpaired) electrons. The Balaban J connectivity index is 2.73. The number of ether oxygens (including phenoxy) is 1. The van der Waals surface area contributed by atoms with Gasteiger partial charge in [0, 0.05) is 13.5 Å². The Morgan fingerprint density at radius 2 is 2.00 bits per heavy atom. The lowest BCUT2D eigenvalue weighted by molar-refractivity contribution is -0.210. The highest BCUT2D eigenvalue weighted by molar-refractivity contribution is 4.97. The number of rotatable bonds is 5. The van der Waals surface area contributed by atoms with Gasteiger partial charge in [-0.25, -0.2) is 0 Å². The van der Waals surface area contributed by atoms with Crippen LogP contribution in [0.1, 0.15) is 31.5 Å². The molecule has 0 aliphatic rings. The summed E-state index contributed by atoms with van der Waals surface area (Å²) in [5.74, 6) is -1.29. The standard InChI is InChI=1S/C10H15F3N2O3/c1-5(17-3)4-7-14-9(18-15-7)6(2)8(16)10(11,12)13/h5-6,8,16H,4H2,1-3H3. The van der Waals surface area contributed by atoms with Gasteiger partial charge in [0.05, 0.1) is 12.0 Å². The Bertz CT molecular complexity index is 381. The van der Waals surface area contributed by atoms with Crippen molar-refractivity contribution in [2.24, 2.45) is 0 Å². The molecule has 1 aromatic heterocycles. The molecule has 0 fully saturated rings. The summed E-state index contributed by atoms with van der Waals surface area (Å²) < 4.78 is 46.6. The van der Waals surface area contributed by atoms with E-state index in [0.29, 0.717) is 6.42 Å². The molecule has 0 aliphatic carbocycles. The summed E-state index contributed by atoms with van der Waals surface area (Å²) in [6.07, 6.45) is -7.08. The normalized spacial score (nSPS) is 17.5. The van der Waals surface area contributed by atoms with Gasteiger partial charge in [0.2, 0.25) is 5.89 Å². The van der Waals surface area contributed by atoms with Crippen molar-refractivity contribution >= 4 is 0 Å². The van der Waals surface area contributed by atoms with Crippen LogP contribution >= 0.6 is 0 Å². The van der Waals surface area contributed by atoms with Gasteiger partial charge in [0.15, 0.2) is 11.9 Å². The first-order valence-corrected chi connectivity index (χ1v) is 5.35. The average Bonchev–Trinajstić information content (AvgIpc) is 2.74. The highest BCUT2D eigenvalue weighted by Gasteiger charge is 2.44. The average molecular weight is 268 g/mol. The first-order chi connectivity index (χ1) is 8.25. The van der Waals surface area contributed by atoms with Gasteiger partial charge in [-0.2, -0.15) is 18.2 Å². The van der Waals surface area contributed by atoms with Crippen LogP contribution in [0, 0.1) is 0 Å². The van der Waals surface area contributed by atoms with Crippen molar-refractivity contribution in [3.05, 3.63) is 11.7 Å². The number of hydrogen-bond donors (Lipinski definition) is 1. The second-order valence-corrected chi connectivity index (χ2v) is 4.07. The largest absolute Gasteiger partial charge is 0.415 e. The fraction of sp³-hybridized carbons (Fsp3) is 0.800. The van der Waals surface area contributed by atoms with E-state index < -0.39 is 18.2 Å². The molecule has 3 unspecified atom stereocenters. The van der Waals surface area contributed by atoms with E-state index >= 15 is 0 Å². The predicted molar refractivity (Wildman–Crippen MR) is 54.9 cm³/mol. The lowest BCUT2D eigenvalue weighted by Gasteiger charge is -2.18. The molecule has 1 aromatic rings. The summed E-state index contributed by atoms with van der Waals surface area (Å²) in [5.41, 5.74) is 0. The maximum Gasteiger partial charge on any atom is 0.415 e. The van der Waals surface area contributed by atoms with E-state index in [0.717, 1.165) is 0 Å². The van der Waals surface area contributed by atoms with Gasteiger partial charge in [-0.05, 0) is 6.92 Å². The molecule has 0 saturated carbocycles. The fourth-order valence-corrected chi connectivity index (χ4v) is 1.29. The zero-order chi connectivity index (χ0) is 13.9. The van der Waals surface area contributed by atoms with Crippen LogP contribution in [-0.2, 0) is 11.2 Å². The van der Waals surface area contributed by atoms with E-state index in [-0.39, 0.29) is 17.8 Å². The lowest BCUT2D eigenvalue weighted by atomic mass is 10.0. The summed E-state index contributed by atoms with van der Waals surface area (Å²) in [4.78, 5) is 3.81. The highest BCUT2D eigenvalue weighted by Crippen LogP contribution is 2.30. The summed E-state index contributed by atoms with van der Waals surface area (Å²) >= 11 is 0. The zero-order valence-electron chi connectivity index (χ0n) is 10.2. The van der Waals surface area contributed by atoms with Gasteiger partial charge in [-0.1, -0.05) is 12.1 Å². The number of alkyl halides is 3. The fourth-order valence-electron chi connectivity index (χ4n) is 1.29. The van der Waals surface area contributed by atoms with Gasteiger partial charge in [-0.15, -0.1) is 0 Å². The monoisotopic (exact) mass is 268 g/mol. The first kappa shape index (κ1) is 14.9. The minimum Gasteiger partial charge on any atom is -0.383 e. The molecule has 0 spiro atoms. The number of nitrogens with zero attached hydrogens (tertiary/aromatic N) is 2. The molecule has 0 bridgehead atoms. The third-order valence-electron chi connectivity index (χ3n) is 2.55. The van der Waals surface area contributed by atoms with Gasteiger partial charge in [0.25, 0.3) is 0 Å². The van der Waals surface area contributed by atoms with Gasteiger partial charge < -0.3 is 14.4 Å². The molecule has 104 valence electrons. The molecule has 3 atom stereocenters. The Labute approximate surface area is 102 Å². The predicted octanol–water partition coefficient (Wildman–Crippen LogP) is 1.67. The lowest BCUT2D eigenvalue weighted by Crippen LogP contribution is -2.33. The van der Waals surface area contributed by atoms with Crippen LogP contribution in [0.5, 0.6) is 0 Å². The summed E-state index contributed by atoms with van der Waals surface area (Å²) in [7, 11) is 1.50. The molecular formula is C10H15F3N2O3. The number of aromatic nitrogens is 2. The minimum atomic E-state index is -4.71. The molecular weight excluding hydrogens is 253 g/mol. The van der Waals surface area contributed by atoms with Crippen LogP contribution in [0.4, 0.5) is 13.2 Å². The molecule has 0 aliphatic heterocycles. The van der Waals surface area contributed by atoms with Crippen LogP contribution in [-0.4, -0.2) is 40.7 Å². The smallest absolute Gasteiger partial charge is 0.383 e.